The molecule has 2 N–H and O–H groups in total. The van der Waals surface area contributed by atoms with Crippen LogP contribution in [0.2, 0.25) is 0 Å². The molecule has 0 unspecified atom stereocenters. The number of fused-ring (bicyclic) bond motifs is 2. The third-order valence-electron chi connectivity index (χ3n) is 4.71. The number of nitriles is 1. The quantitative estimate of drug-likeness (QED) is 0.198. The van der Waals surface area contributed by atoms with Gasteiger partial charge in [0.25, 0.3) is 5.56 Å². The minimum atomic E-state index is -0.175. The van der Waals surface area contributed by atoms with Gasteiger partial charge in [-0.1, -0.05) is 36.0 Å². The number of imidazole rings is 1. The molecule has 156 valence electrons. The first-order valence-corrected chi connectivity index (χ1v) is 10.5. The number of hydrogen-bond donors (Lipinski definition) is 2. The van der Waals surface area contributed by atoms with Crippen molar-refractivity contribution in [3.63, 3.8) is 0 Å². The maximum Gasteiger partial charge on any atom is 0.262 e. The number of rotatable bonds is 7. The first kappa shape index (κ1) is 20.7. The van der Waals surface area contributed by atoms with E-state index in [1.807, 2.05) is 36.4 Å². The molecule has 0 spiro atoms. The number of allylic oxidation sites excluding steroid dienone is 1. The number of H-pyrrole nitrogens is 1. The summed E-state index contributed by atoms with van der Waals surface area (Å²) in [6.07, 6.45) is 0. The topological polar surface area (TPSA) is 117 Å². The summed E-state index contributed by atoms with van der Waals surface area (Å²) in [4.78, 5) is 24.9. The molecule has 4 aromatic rings. The van der Waals surface area contributed by atoms with E-state index in [9.17, 15) is 15.2 Å². The molecule has 0 radical (unpaired) electrons. The lowest BCUT2D eigenvalue weighted by Gasteiger charge is -2.12. The number of aromatic amines is 1. The molecule has 9 heteroatoms. The van der Waals surface area contributed by atoms with E-state index in [0.29, 0.717) is 40.6 Å². The van der Waals surface area contributed by atoms with Crippen LogP contribution in [0.3, 0.4) is 0 Å². The molecule has 0 atom stereocenters. The van der Waals surface area contributed by atoms with Crippen LogP contribution in [0.4, 0.5) is 0 Å². The lowest BCUT2D eigenvalue weighted by molar-refractivity contribution is 0.183. The molecule has 0 bridgehead atoms. The van der Waals surface area contributed by atoms with Gasteiger partial charge in [-0.2, -0.15) is 5.26 Å². The monoisotopic (exact) mass is 433 g/mol. The molecule has 31 heavy (non-hydrogen) atoms. The maximum absolute atomic E-state index is 12.9. The molecule has 0 aliphatic carbocycles. The van der Waals surface area contributed by atoms with E-state index < -0.39 is 0 Å². The zero-order chi connectivity index (χ0) is 21.8. The lowest BCUT2D eigenvalue weighted by atomic mass is 10.2. The van der Waals surface area contributed by atoms with Gasteiger partial charge >= 0.3 is 0 Å². The van der Waals surface area contributed by atoms with Crippen LogP contribution in [-0.2, 0) is 11.3 Å². The zero-order valence-corrected chi connectivity index (χ0v) is 17.5. The summed E-state index contributed by atoms with van der Waals surface area (Å²) in [6.45, 7) is 0.673. The van der Waals surface area contributed by atoms with E-state index in [0.717, 1.165) is 5.52 Å². The molecule has 4 rings (SSSR count). The molecule has 2 aromatic carbocycles. The molecular weight excluding hydrogens is 414 g/mol. The Bertz CT molecular complexity index is 1350. The van der Waals surface area contributed by atoms with Crippen LogP contribution >= 0.6 is 11.8 Å². The van der Waals surface area contributed by atoms with Crippen molar-refractivity contribution in [2.45, 2.75) is 11.7 Å². The number of aromatic nitrogens is 4. The predicted molar refractivity (Wildman–Crippen MR) is 120 cm³/mol. The third kappa shape index (κ3) is 4.17. The number of hydrogen-bond acceptors (Lipinski definition) is 7. The fourth-order valence-electron chi connectivity index (χ4n) is 3.17. The van der Waals surface area contributed by atoms with Crippen LogP contribution < -0.4 is 5.56 Å². The molecule has 0 saturated heterocycles. The Kier molecular flexibility index (Phi) is 6.02. The van der Waals surface area contributed by atoms with Gasteiger partial charge < -0.3 is 14.8 Å². The summed E-state index contributed by atoms with van der Waals surface area (Å²) in [7, 11) is 1.56. The van der Waals surface area contributed by atoms with E-state index >= 15 is 0 Å². The number of aliphatic hydroxyl groups excluding tert-OH is 1. The predicted octanol–water partition coefficient (Wildman–Crippen LogP) is 3.50. The fraction of sp³-hybridized carbons (Fsp3) is 0.182. The molecule has 0 aliphatic rings. The number of ether oxygens (including phenoxy) is 1. The Labute approximate surface area is 181 Å². The van der Waals surface area contributed by atoms with Crippen LogP contribution in [0, 0.1) is 11.3 Å². The smallest absolute Gasteiger partial charge is 0.262 e. The molecular formula is C22H19N5O3S. The van der Waals surface area contributed by atoms with E-state index in [4.69, 9.17) is 4.74 Å². The molecule has 2 heterocycles. The minimum absolute atomic E-state index is 0.0512. The summed E-state index contributed by atoms with van der Waals surface area (Å²) < 4.78 is 6.65. The van der Waals surface area contributed by atoms with Crippen molar-refractivity contribution in [1.82, 2.24) is 19.5 Å². The normalized spacial score (nSPS) is 12.1. The Balaban J connectivity index is 1.68. The first-order valence-electron chi connectivity index (χ1n) is 9.51. The van der Waals surface area contributed by atoms with Crippen molar-refractivity contribution in [2.75, 3.05) is 19.5 Å². The third-order valence-corrected chi connectivity index (χ3v) is 5.70. The highest BCUT2D eigenvalue weighted by molar-refractivity contribution is 7.99. The van der Waals surface area contributed by atoms with Gasteiger partial charge in [-0.05, 0) is 24.3 Å². The number of benzene rings is 2. The minimum Gasteiger partial charge on any atom is -0.510 e. The van der Waals surface area contributed by atoms with Crippen molar-refractivity contribution < 1.29 is 9.84 Å². The molecule has 8 nitrogen and oxygen atoms in total. The highest BCUT2D eigenvalue weighted by atomic mass is 32.2. The van der Waals surface area contributed by atoms with Crippen molar-refractivity contribution in [3.8, 4) is 6.07 Å². The average Bonchev–Trinajstić information content (AvgIpc) is 3.21. The van der Waals surface area contributed by atoms with Crippen molar-refractivity contribution >= 4 is 39.3 Å². The molecule has 0 fully saturated rings. The highest BCUT2D eigenvalue weighted by Gasteiger charge is 2.16. The average molecular weight is 433 g/mol. The lowest BCUT2D eigenvalue weighted by Crippen LogP contribution is -2.25. The van der Waals surface area contributed by atoms with Crippen LogP contribution in [0.1, 0.15) is 5.82 Å². The van der Waals surface area contributed by atoms with Gasteiger partial charge in [0, 0.05) is 7.11 Å². The second-order valence-electron chi connectivity index (χ2n) is 6.69. The summed E-state index contributed by atoms with van der Waals surface area (Å²) in [6, 6.07) is 16.5. The second kappa shape index (κ2) is 9.04. The number of methoxy groups -OCH3 is 1. The van der Waals surface area contributed by atoms with Crippen LogP contribution in [0.15, 0.2) is 64.2 Å². The number of thioether (sulfide) groups is 1. The summed E-state index contributed by atoms with van der Waals surface area (Å²) in [5.74, 6) is 0.204. The zero-order valence-electron chi connectivity index (χ0n) is 16.7. The maximum atomic E-state index is 12.9. The largest absolute Gasteiger partial charge is 0.510 e. The van der Waals surface area contributed by atoms with Crippen molar-refractivity contribution in [3.05, 3.63) is 70.5 Å². The van der Waals surface area contributed by atoms with E-state index in [-0.39, 0.29) is 22.6 Å². The van der Waals surface area contributed by atoms with Gasteiger partial charge in [-0.25, -0.2) is 9.97 Å². The number of aliphatic hydroxyl groups is 1. The fourth-order valence-corrected chi connectivity index (χ4v) is 4.07. The van der Waals surface area contributed by atoms with Gasteiger partial charge in [-0.15, -0.1) is 0 Å². The van der Waals surface area contributed by atoms with Crippen LogP contribution in [-0.4, -0.2) is 44.1 Å². The van der Waals surface area contributed by atoms with Gasteiger partial charge in [0.2, 0.25) is 0 Å². The Morgan fingerprint density at radius 2 is 1.94 bits per heavy atom. The standard InChI is InChI=1S/C22H19N5O3S/c1-30-11-10-27-21(29)14-6-2-3-7-16(14)26-22(27)31-13-19(28)15(12-23)20-24-17-8-4-5-9-18(17)25-20/h2-9,28H,10-11,13H2,1H3,(H,24,25)/b19-15-. The number of nitrogens with zero attached hydrogens (tertiary/aromatic N) is 4. The SMILES string of the molecule is COCCn1c(SC/C(O)=C(\C#N)c2nc3ccccc3[nH]2)nc2ccccc2c1=O. The van der Waals surface area contributed by atoms with E-state index in [1.165, 1.54) is 16.3 Å². The first-order chi connectivity index (χ1) is 15.1. The Morgan fingerprint density at radius 3 is 2.68 bits per heavy atom. The van der Waals surface area contributed by atoms with Crippen molar-refractivity contribution in [1.29, 1.82) is 5.26 Å². The van der Waals surface area contributed by atoms with Crippen LogP contribution in [0.5, 0.6) is 0 Å². The molecule has 0 aliphatic heterocycles. The summed E-state index contributed by atoms with van der Waals surface area (Å²) in [5, 5.41) is 21.2. The molecule has 0 amide bonds. The van der Waals surface area contributed by atoms with E-state index in [2.05, 4.69) is 15.0 Å². The van der Waals surface area contributed by atoms with E-state index in [1.54, 1.807) is 25.3 Å². The molecule has 0 saturated carbocycles. The van der Waals surface area contributed by atoms with Crippen molar-refractivity contribution in [2.24, 2.45) is 0 Å². The van der Waals surface area contributed by atoms with Gasteiger partial charge in [0.1, 0.15) is 17.4 Å². The van der Waals surface area contributed by atoms with Gasteiger partial charge in [0.05, 0.1) is 40.8 Å². The van der Waals surface area contributed by atoms with Gasteiger partial charge in [0.15, 0.2) is 11.0 Å². The van der Waals surface area contributed by atoms with Crippen LogP contribution in [0.25, 0.3) is 27.5 Å². The summed E-state index contributed by atoms with van der Waals surface area (Å²) >= 11 is 1.18. The number of nitrogens with one attached hydrogen (secondary N) is 1. The summed E-state index contributed by atoms with van der Waals surface area (Å²) in [5.41, 5.74) is 1.93. The molecule has 2 aromatic heterocycles. The Hall–Kier alpha value is -3.61. The van der Waals surface area contributed by atoms with Gasteiger partial charge in [-0.3, -0.25) is 9.36 Å². The Morgan fingerprint density at radius 1 is 1.19 bits per heavy atom. The number of para-hydroxylation sites is 3. The second-order valence-corrected chi connectivity index (χ2v) is 7.63. The highest BCUT2D eigenvalue weighted by Crippen LogP contribution is 2.24.